The first-order valence-corrected chi connectivity index (χ1v) is 8.82. The third-order valence-electron chi connectivity index (χ3n) is 4.02. The number of fused-ring (bicyclic) bond motifs is 1. The molecule has 130 valence electrons. The summed E-state index contributed by atoms with van der Waals surface area (Å²) in [5.74, 6) is 0.579. The highest BCUT2D eigenvalue weighted by Crippen LogP contribution is 2.29. The summed E-state index contributed by atoms with van der Waals surface area (Å²) in [4.78, 5) is 22.1. The van der Waals surface area contributed by atoms with Crippen molar-refractivity contribution in [3.63, 3.8) is 0 Å². The van der Waals surface area contributed by atoms with Gasteiger partial charge in [0.1, 0.15) is 22.0 Å². The monoisotopic (exact) mass is 364 g/mol. The number of ether oxygens (including phenoxy) is 1. The van der Waals surface area contributed by atoms with Gasteiger partial charge in [0.05, 0.1) is 23.8 Å². The summed E-state index contributed by atoms with van der Waals surface area (Å²) in [5, 5.41) is 0.797. The molecular formula is C19H16N4O2S. The molecule has 2 aromatic heterocycles. The van der Waals surface area contributed by atoms with Crippen LogP contribution in [0.2, 0.25) is 0 Å². The zero-order valence-electron chi connectivity index (χ0n) is 14.3. The van der Waals surface area contributed by atoms with Gasteiger partial charge in [-0.15, -0.1) is 11.3 Å². The van der Waals surface area contributed by atoms with E-state index in [0.29, 0.717) is 10.6 Å². The Bertz CT molecular complexity index is 1080. The second kappa shape index (κ2) is 6.61. The zero-order chi connectivity index (χ0) is 18.1. The largest absolute Gasteiger partial charge is 0.497 e. The molecule has 0 spiro atoms. The fourth-order valence-electron chi connectivity index (χ4n) is 2.67. The number of carbonyl (C=O) groups is 1. The van der Waals surface area contributed by atoms with E-state index in [-0.39, 0.29) is 5.91 Å². The Hall–Kier alpha value is -3.19. The molecule has 0 unspecified atom stereocenters. The first kappa shape index (κ1) is 16.3. The van der Waals surface area contributed by atoms with Gasteiger partial charge in [-0.05, 0) is 43.3 Å². The Labute approximate surface area is 154 Å². The molecule has 0 radical (unpaired) electrons. The van der Waals surface area contributed by atoms with E-state index in [9.17, 15) is 4.79 Å². The van der Waals surface area contributed by atoms with Gasteiger partial charge in [-0.1, -0.05) is 12.1 Å². The van der Waals surface area contributed by atoms with Gasteiger partial charge in [0, 0.05) is 5.56 Å². The second-order valence-electron chi connectivity index (χ2n) is 5.71. The number of amides is 1. The summed E-state index contributed by atoms with van der Waals surface area (Å²) in [7, 11) is 1.63. The van der Waals surface area contributed by atoms with Crippen molar-refractivity contribution in [2.24, 2.45) is 0 Å². The van der Waals surface area contributed by atoms with Crippen molar-refractivity contribution >= 4 is 28.3 Å². The van der Waals surface area contributed by atoms with Crippen LogP contribution < -0.4 is 10.2 Å². The molecule has 0 aliphatic rings. The number of thiazole rings is 1. The predicted molar refractivity (Wildman–Crippen MR) is 102 cm³/mol. The van der Waals surface area contributed by atoms with E-state index in [1.807, 2.05) is 55.5 Å². The number of carbonyl (C=O) groups excluding carboxylic acids is 1. The van der Waals surface area contributed by atoms with E-state index in [2.05, 4.69) is 15.4 Å². The van der Waals surface area contributed by atoms with Crippen molar-refractivity contribution in [2.75, 3.05) is 12.5 Å². The van der Waals surface area contributed by atoms with Gasteiger partial charge in [-0.25, -0.2) is 14.6 Å². The fraction of sp³-hybridized carbons (Fsp3) is 0.105. The molecule has 4 aromatic rings. The predicted octanol–water partition coefficient (Wildman–Crippen LogP) is 3.86. The van der Waals surface area contributed by atoms with Gasteiger partial charge >= 0.3 is 0 Å². The van der Waals surface area contributed by atoms with Crippen LogP contribution in [0, 0.1) is 6.92 Å². The van der Waals surface area contributed by atoms with Gasteiger partial charge in [0.2, 0.25) is 0 Å². The van der Waals surface area contributed by atoms with E-state index in [4.69, 9.17) is 4.74 Å². The van der Waals surface area contributed by atoms with E-state index in [1.165, 1.54) is 11.3 Å². The first-order chi connectivity index (χ1) is 12.7. The average molecular weight is 364 g/mol. The van der Waals surface area contributed by atoms with Gasteiger partial charge < -0.3 is 4.74 Å². The fourth-order valence-corrected chi connectivity index (χ4v) is 3.63. The molecule has 6 nitrogen and oxygen atoms in total. The van der Waals surface area contributed by atoms with Crippen molar-refractivity contribution in [2.45, 2.75) is 6.92 Å². The van der Waals surface area contributed by atoms with Crippen LogP contribution in [-0.4, -0.2) is 27.7 Å². The molecule has 7 heteroatoms. The minimum atomic E-state index is -0.206. The summed E-state index contributed by atoms with van der Waals surface area (Å²) in [6.45, 7) is 1.84. The summed E-state index contributed by atoms with van der Waals surface area (Å²) in [5.41, 5.74) is 6.19. The highest BCUT2D eigenvalue weighted by Gasteiger charge is 2.17. The van der Waals surface area contributed by atoms with Crippen LogP contribution in [0.5, 0.6) is 5.75 Å². The standard InChI is InChI=1S/C19H16N4O2S/c1-12-17(26-19(21-12)13-7-9-14(25-2)10-8-13)18(24)22-23-11-20-15-5-3-4-6-16(15)23/h3-11H,1-2H3,(H,22,24). The number of aryl methyl sites for hydroxylation is 1. The third-order valence-corrected chi connectivity index (χ3v) is 5.22. The molecular weight excluding hydrogens is 348 g/mol. The lowest BCUT2D eigenvalue weighted by molar-refractivity contribution is 0.101. The van der Waals surface area contributed by atoms with Gasteiger partial charge in [0.15, 0.2) is 0 Å². The van der Waals surface area contributed by atoms with E-state index < -0.39 is 0 Å². The number of imidazole rings is 1. The highest BCUT2D eigenvalue weighted by atomic mass is 32.1. The molecule has 0 bridgehead atoms. The lowest BCUT2D eigenvalue weighted by atomic mass is 10.2. The molecule has 4 rings (SSSR count). The van der Waals surface area contributed by atoms with Crippen LogP contribution >= 0.6 is 11.3 Å². The Kier molecular flexibility index (Phi) is 4.14. The molecule has 0 atom stereocenters. The summed E-state index contributed by atoms with van der Waals surface area (Å²) >= 11 is 1.36. The smallest absolute Gasteiger partial charge is 0.282 e. The van der Waals surface area contributed by atoms with E-state index in [0.717, 1.165) is 27.4 Å². The topological polar surface area (TPSA) is 69.0 Å². The van der Waals surface area contributed by atoms with Crippen LogP contribution in [0.15, 0.2) is 54.9 Å². The summed E-state index contributed by atoms with van der Waals surface area (Å²) < 4.78 is 6.81. The highest BCUT2D eigenvalue weighted by molar-refractivity contribution is 7.17. The van der Waals surface area contributed by atoms with E-state index in [1.54, 1.807) is 18.1 Å². The van der Waals surface area contributed by atoms with Crippen LogP contribution in [0.1, 0.15) is 15.4 Å². The minimum Gasteiger partial charge on any atom is -0.497 e. The second-order valence-corrected chi connectivity index (χ2v) is 6.71. The number of nitrogens with zero attached hydrogens (tertiary/aromatic N) is 3. The lowest BCUT2D eigenvalue weighted by Gasteiger charge is -2.05. The maximum atomic E-state index is 12.7. The molecule has 1 amide bonds. The number of methoxy groups -OCH3 is 1. The normalized spacial score (nSPS) is 10.8. The minimum absolute atomic E-state index is 0.206. The molecule has 0 aliphatic carbocycles. The Morgan fingerprint density at radius 1 is 1.15 bits per heavy atom. The van der Waals surface area contributed by atoms with Crippen molar-refractivity contribution in [1.82, 2.24) is 14.6 Å². The average Bonchev–Trinajstić information content (AvgIpc) is 3.26. The Morgan fingerprint density at radius 3 is 2.69 bits per heavy atom. The lowest BCUT2D eigenvalue weighted by Crippen LogP contribution is -2.21. The third kappa shape index (κ3) is 2.93. The van der Waals surface area contributed by atoms with Gasteiger partial charge in [-0.2, -0.15) is 0 Å². The van der Waals surface area contributed by atoms with Crippen molar-refractivity contribution in [1.29, 1.82) is 0 Å². The van der Waals surface area contributed by atoms with Crippen LogP contribution in [0.25, 0.3) is 21.6 Å². The quantitative estimate of drug-likeness (QED) is 0.597. The maximum absolute atomic E-state index is 12.7. The van der Waals surface area contributed by atoms with E-state index >= 15 is 0 Å². The van der Waals surface area contributed by atoms with Gasteiger partial charge in [0.25, 0.3) is 5.91 Å². The van der Waals surface area contributed by atoms with Crippen LogP contribution in [0.4, 0.5) is 0 Å². The van der Waals surface area contributed by atoms with Crippen molar-refractivity contribution in [3.05, 3.63) is 65.4 Å². The number of nitrogens with one attached hydrogen (secondary N) is 1. The van der Waals surface area contributed by atoms with Crippen molar-refractivity contribution in [3.8, 4) is 16.3 Å². The van der Waals surface area contributed by atoms with Crippen LogP contribution in [-0.2, 0) is 0 Å². The first-order valence-electron chi connectivity index (χ1n) is 8.01. The summed E-state index contributed by atoms with van der Waals surface area (Å²) in [6.07, 6.45) is 1.60. The molecule has 2 aromatic carbocycles. The van der Waals surface area contributed by atoms with Crippen molar-refractivity contribution < 1.29 is 9.53 Å². The van der Waals surface area contributed by atoms with Crippen LogP contribution in [0.3, 0.4) is 0 Å². The molecule has 0 aliphatic heterocycles. The SMILES string of the molecule is COc1ccc(-c2nc(C)c(C(=O)Nn3cnc4ccccc43)s2)cc1. The molecule has 1 N–H and O–H groups in total. The maximum Gasteiger partial charge on any atom is 0.282 e. The number of benzene rings is 2. The Balaban J connectivity index is 1.61. The summed E-state index contributed by atoms with van der Waals surface area (Å²) in [6, 6.07) is 15.3. The number of aromatic nitrogens is 3. The molecule has 26 heavy (non-hydrogen) atoms. The number of rotatable bonds is 4. The number of hydrogen-bond donors (Lipinski definition) is 1. The van der Waals surface area contributed by atoms with Gasteiger partial charge in [-0.3, -0.25) is 10.2 Å². The Morgan fingerprint density at radius 2 is 1.92 bits per heavy atom. The number of para-hydroxylation sites is 2. The molecule has 0 saturated heterocycles. The zero-order valence-corrected chi connectivity index (χ0v) is 15.1. The molecule has 0 saturated carbocycles. The molecule has 0 fully saturated rings. The molecule has 2 heterocycles. The number of hydrogen-bond acceptors (Lipinski definition) is 5.